The molecule has 0 heterocycles. The van der Waals surface area contributed by atoms with E-state index >= 15 is 0 Å². The quantitative estimate of drug-likeness (QED) is 0.800. The van der Waals surface area contributed by atoms with Gasteiger partial charge in [-0.25, -0.2) is 0 Å². The number of carbonyl (C=O) groups is 1. The van der Waals surface area contributed by atoms with Gasteiger partial charge in [0.15, 0.2) is 0 Å². The topological polar surface area (TPSA) is 55.1 Å². The zero-order valence-corrected chi connectivity index (χ0v) is 9.77. The Morgan fingerprint density at radius 3 is 2.50 bits per heavy atom. The number of carbonyl (C=O) groups excluding carboxylic acids is 1. The number of nitrogens with two attached hydrogens (primary N) is 1. The third kappa shape index (κ3) is 2.02. The van der Waals surface area contributed by atoms with Crippen molar-refractivity contribution in [3.05, 3.63) is 29.3 Å². The predicted octanol–water partition coefficient (Wildman–Crippen LogP) is 2.40. The van der Waals surface area contributed by atoms with Crippen molar-refractivity contribution in [2.75, 3.05) is 5.73 Å². The maximum absolute atomic E-state index is 12.7. The lowest BCUT2D eigenvalue weighted by atomic mass is 10.1. The summed E-state index contributed by atoms with van der Waals surface area (Å²) in [7, 11) is 0. The van der Waals surface area contributed by atoms with Crippen molar-refractivity contribution in [3.8, 4) is 0 Å². The second-order valence-corrected chi connectivity index (χ2v) is 4.55. The first kappa shape index (κ1) is 12.7. The van der Waals surface area contributed by atoms with Crippen LogP contribution in [0.25, 0.3) is 0 Å². The van der Waals surface area contributed by atoms with Gasteiger partial charge in [0.1, 0.15) is 5.54 Å². The van der Waals surface area contributed by atoms with E-state index in [1.165, 1.54) is 6.07 Å². The molecule has 0 saturated heterocycles. The molecule has 1 aromatic carbocycles. The Bertz CT molecular complexity index is 493. The molecule has 0 aliphatic heterocycles. The van der Waals surface area contributed by atoms with E-state index in [0.717, 1.165) is 0 Å². The van der Waals surface area contributed by atoms with Crippen LogP contribution in [0.15, 0.2) is 18.2 Å². The summed E-state index contributed by atoms with van der Waals surface area (Å²) in [4.78, 5) is 11.9. The molecule has 3 nitrogen and oxygen atoms in total. The number of hydrogen-bond donors (Lipinski definition) is 2. The molecular formula is C12H13F3N2O. The van der Waals surface area contributed by atoms with E-state index < -0.39 is 17.6 Å². The van der Waals surface area contributed by atoms with Gasteiger partial charge in [-0.15, -0.1) is 0 Å². The average Bonchev–Trinajstić information content (AvgIpc) is 3.02. The second kappa shape index (κ2) is 3.90. The van der Waals surface area contributed by atoms with Gasteiger partial charge in [-0.3, -0.25) is 4.79 Å². The van der Waals surface area contributed by atoms with Crippen molar-refractivity contribution in [1.29, 1.82) is 0 Å². The van der Waals surface area contributed by atoms with Gasteiger partial charge in [0.25, 0.3) is 5.91 Å². The summed E-state index contributed by atoms with van der Waals surface area (Å²) in [6.07, 6.45) is -4.54. The molecule has 3 N–H and O–H groups in total. The maximum atomic E-state index is 12.7. The van der Waals surface area contributed by atoms with Gasteiger partial charge in [0, 0.05) is 11.3 Å². The molecule has 1 saturated carbocycles. The first-order chi connectivity index (χ1) is 8.27. The standard InChI is InChI=1S/C12H13F3N2O/c1-7-8(3-2-4-9(7)16)10(18)17-11(5-6-11)12(13,14)15/h2-4H,5-6,16H2,1H3,(H,17,18). The minimum atomic E-state index is -4.41. The second-order valence-electron chi connectivity index (χ2n) is 4.55. The van der Waals surface area contributed by atoms with Gasteiger partial charge in [0.05, 0.1) is 0 Å². The van der Waals surface area contributed by atoms with Gasteiger partial charge < -0.3 is 11.1 Å². The first-order valence-corrected chi connectivity index (χ1v) is 5.51. The molecule has 0 unspecified atom stereocenters. The van der Waals surface area contributed by atoms with Crippen LogP contribution in [0.4, 0.5) is 18.9 Å². The minimum absolute atomic E-state index is 0.0659. The first-order valence-electron chi connectivity index (χ1n) is 5.51. The minimum Gasteiger partial charge on any atom is -0.398 e. The van der Waals surface area contributed by atoms with Crippen LogP contribution in [0.1, 0.15) is 28.8 Å². The van der Waals surface area contributed by atoms with Crippen LogP contribution >= 0.6 is 0 Å². The van der Waals surface area contributed by atoms with Crippen molar-refractivity contribution < 1.29 is 18.0 Å². The summed E-state index contributed by atoms with van der Waals surface area (Å²) in [6.45, 7) is 1.61. The van der Waals surface area contributed by atoms with Crippen molar-refractivity contribution in [2.45, 2.75) is 31.5 Å². The molecule has 6 heteroatoms. The van der Waals surface area contributed by atoms with E-state index in [-0.39, 0.29) is 18.4 Å². The van der Waals surface area contributed by atoms with Crippen molar-refractivity contribution in [3.63, 3.8) is 0 Å². The van der Waals surface area contributed by atoms with Crippen LogP contribution in [0.5, 0.6) is 0 Å². The molecule has 2 rings (SSSR count). The Hall–Kier alpha value is -1.72. The Morgan fingerprint density at radius 2 is 2.00 bits per heavy atom. The maximum Gasteiger partial charge on any atom is 0.411 e. The smallest absolute Gasteiger partial charge is 0.398 e. The highest BCUT2D eigenvalue weighted by molar-refractivity contribution is 5.97. The van der Waals surface area contributed by atoms with Crippen LogP contribution in [-0.4, -0.2) is 17.6 Å². The van der Waals surface area contributed by atoms with Crippen molar-refractivity contribution in [1.82, 2.24) is 5.32 Å². The molecule has 0 bridgehead atoms. The predicted molar refractivity (Wildman–Crippen MR) is 61.1 cm³/mol. The number of halogens is 3. The van der Waals surface area contributed by atoms with Gasteiger partial charge in [-0.2, -0.15) is 13.2 Å². The van der Waals surface area contributed by atoms with Crippen LogP contribution in [0.3, 0.4) is 0 Å². The molecule has 18 heavy (non-hydrogen) atoms. The van der Waals surface area contributed by atoms with E-state index in [1.807, 2.05) is 0 Å². The number of anilines is 1. The average molecular weight is 258 g/mol. The Balaban J connectivity index is 2.21. The summed E-state index contributed by atoms with van der Waals surface area (Å²) in [5, 5.41) is 2.07. The monoisotopic (exact) mass is 258 g/mol. The van der Waals surface area contributed by atoms with Crippen molar-refractivity contribution >= 4 is 11.6 Å². The molecule has 1 fully saturated rings. The lowest BCUT2D eigenvalue weighted by Gasteiger charge is -2.21. The van der Waals surface area contributed by atoms with E-state index in [2.05, 4.69) is 5.32 Å². The highest BCUT2D eigenvalue weighted by Gasteiger charge is 2.64. The lowest BCUT2D eigenvalue weighted by Crippen LogP contribution is -2.48. The Kier molecular flexibility index (Phi) is 2.76. The number of alkyl halides is 3. The number of amides is 1. The third-order valence-corrected chi connectivity index (χ3v) is 3.27. The molecule has 1 aliphatic carbocycles. The fourth-order valence-corrected chi connectivity index (χ4v) is 1.79. The summed E-state index contributed by atoms with van der Waals surface area (Å²) >= 11 is 0. The largest absolute Gasteiger partial charge is 0.411 e. The molecule has 98 valence electrons. The normalized spacial score (nSPS) is 17.3. The molecule has 0 spiro atoms. The number of nitrogens with one attached hydrogen (secondary N) is 1. The molecule has 0 radical (unpaired) electrons. The summed E-state index contributed by atoms with van der Waals surface area (Å²) in [6, 6.07) is 4.61. The number of nitrogen functional groups attached to an aromatic ring is 1. The van der Waals surface area contributed by atoms with Gasteiger partial charge in [-0.05, 0) is 37.5 Å². The fourth-order valence-electron chi connectivity index (χ4n) is 1.79. The summed E-state index contributed by atoms with van der Waals surface area (Å²) in [5.74, 6) is -0.727. The lowest BCUT2D eigenvalue weighted by molar-refractivity contribution is -0.163. The molecule has 0 aromatic heterocycles. The van der Waals surface area contributed by atoms with E-state index in [1.54, 1.807) is 19.1 Å². The molecule has 0 atom stereocenters. The van der Waals surface area contributed by atoms with Crippen molar-refractivity contribution in [2.24, 2.45) is 0 Å². The number of benzene rings is 1. The van der Waals surface area contributed by atoms with E-state index in [9.17, 15) is 18.0 Å². The van der Waals surface area contributed by atoms with Gasteiger partial charge >= 0.3 is 6.18 Å². The van der Waals surface area contributed by atoms with E-state index in [0.29, 0.717) is 11.3 Å². The number of hydrogen-bond acceptors (Lipinski definition) is 2. The molecule has 1 aliphatic rings. The SMILES string of the molecule is Cc1c(N)cccc1C(=O)NC1(C(F)(F)F)CC1. The fraction of sp³-hybridized carbons (Fsp3) is 0.417. The van der Waals surface area contributed by atoms with Gasteiger partial charge in [-0.1, -0.05) is 6.07 Å². The zero-order chi connectivity index (χ0) is 13.6. The Labute approximate surface area is 102 Å². The summed E-state index contributed by atoms with van der Waals surface area (Å²) < 4.78 is 38.1. The third-order valence-electron chi connectivity index (χ3n) is 3.27. The summed E-state index contributed by atoms with van der Waals surface area (Å²) in [5.41, 5.74) is 4.65. The molecular weight excluding hydrogens is 245 g/mol. The van der Waals surface area contributed by atoms with Crippen LogP contribution in [0.2, 0.25) is 0 Å². The van der Waals surface area contributed by atoms with Crippen LogP contribution in [0, 0.1) is 6.92 Å². The van der Waals surface area contributed by atoms with E-state index in [4.69, 9.17) is 5.73 Å². The molecule has 1 aromatic rings. The van der Waals surface area contributed by atoms with Crippen LogP contribution in [-0.2, 0) is 0 Å². The van der Waals surface area contributed by atoms with Gasteiger partial charge in [0.2, 0.25) is 0 Å². The molecule has 1 amide bonds. The number of rotatable bonds is 2. The zero-order valence-electron chi connectivity index (χ0n) is 9.77. The van der Waals surface area contributed by atoms with Crippen LogP contribution < -0.4 is 11.1 Å². The highest BCUT2D eigenvalue weighted by atomic mass is 19.4. The Morgan fingerprint density at radius 1 is 1.39 bits per heavy atom. The highest BCUT2D eigenvalue weighted by Crippen LogP contribution is 2.49.